The Balaban J connectivity index is 1.31. The summed E-state index contributed by atoms with van der Waals surface area (Å²) in [4.78, 5) is 18.1. The number of hydrogen-bond donors (Lipinski definition) is 5. The molecule has 0 unspecified atom stereocenters. The fourth-order valence-corrected chi connectivity index (χ4v) is 11.3. The van der Waals surface area contributed by atoms with Gasteiger partial charge in [-0.1, -0.05) is 102 Å². The highest BCUT2D eigenvalue weighted by Gasteiger charge is 2.37. The van der Waals surface area contributed by atoms with E-state index in [0.717, 1.165) is 53.0 Å². The van der Waals surface area contributed by atoms with Crippen molar-refractivity contribution >= 4 is 33.3 Å². The van der Waals surface area contributed by atoms with Gasteiger partial charge in [0, 0.05) is 66.2 Å². The Hall–Kier alpha value is -4.46. The molecule has 6 bridgehead atoms. The predicted octanol–water partition coefficient (Wildman–Crippen LogP) is 6.39. The summed E-state index contributed by atoms with van der Waals surface area (Å²) in [6.45, 7) is 5.07. The Morgan fingerprint density at radius 2 is 1.83 bits per heavy atom. The van der Waals surface area contributed by atoms with Crippen LogP contribution in [0.3, 0.4) is 0 Å². The number of guanidine groups is 1. The molecule has 60 heavy (non-hydrogen) atoms. The van der Waals surface area contributed by atoms with Crippen LogP contribution in [0.2, 0.25) is 0 Å². The van der Waals surface area contributed by atoms with Gasteiger partial charge in [-0.3, -0.25) is 10.1 Å². The second-order valence-electron chi connectivity index (χ2n) is 16.6. The van der Waals surface area contributed by atoms with Gasteiger partial charge < -0.3 is 35.5 Å². The predicted molar refractivity (Wildman–Crippen MR) is 242 cm³/mol. The fourth-order valence-electron chi connectivity index (χ4n) is 8.46. The number of phenolic OH excluding ortho intramolecular Hbond substituents is 1. The van der Waals surface area contributed by atoms with Gasteiger partial charge in [0.25, 0.3) is 0 Å². The van der Waals surface area contributed by atoms with Crippen molar-refractivity contribution < 1.29 is 29.2 Å². The molecule has 6 N–H and O–H groups in total. The number of benzene rings is 3. The number of carbonyl (C=O) groups excluding carboxylic acids is 1. The lowest BCUT2D eigenvalue weighted by molar-refractivity contribution is -0.121. The zero-order chi connectivity index (χ0) is 42.0. The maximum Gasteiger partial charge on any atom is 0.189 e. The van der Waals surface area contributed by atoms with E-state index >= 15 is 0 Å². The molecular formula is C48H58N4O6S2. The summed E-state index contributed by atoms with van der Waals surface area (Å²) < 4.78 is 19.2. The number of ketones is 1. The number of nitrogens with zero attached hydrogens (tertiary/aromatic N) is 1. The largest absolute Gasteiger partial charge is 0.504 e. The number of phenols is 1. The van der Waals surface area contributed by atoms with Crippen LogP contribution in [0.15, 0.2) is 53.5 Å². The van der Waals surface area contributed by atoms with Crippen molar-refractivity contribution in [2.75, 3.05) is 32.0 Å². The molecule has 318 valence electrons. The van der Waals surface area contributed by atoms with Crippen LogP contribution in [0, 0.1) is 41.4 Å². The quantitative estimate of drug-likeness (QED) is 0.144. The number of aryl methyl sites for hydroxylation is 3. The molecule has 0 amide bonds. The summed E-state index contributed by atoms with van der Waals surface area (Å²) in [6.07, 6.45) is 4.35. The number of aliphatic hydroxyl groups is 1. The van der Waals surface area contributed by atoms with E-state index in [0.29, 0.717) is 67.7 Å². The van der Waals surface area contributed by atoms with Crippen LogP contribution in [0.4, 0.5) is 0 Å². The first-order valence-electron chi connectivity index (χ1n) is 21.3. The number of nitrogens with one attached hydrogen (secondary N) is 2. The van der Waals surface area contributed by atoms with Gasteiger partial charge in [0.2, 0.25) is 0 Å². The monoisotopic (exact) mass is 850 g/mol. The van der Waals surface area contributed by atoms with Crippen LogP contribution in [-0.4, -0.2) is 78.1 Å². The number of methoxy groups -OCH3 is 1. The van der Waals surface area contributed by atoms with Gasteiger partial charge in [0.05, 0.1) is 37.5 Å². The lowest BCUT2D eigenvalue weighted by Crippen LogP contribution is -2.49. The van der Waals surface area contributed by atoms with E-state index in [1.54, 1.807) is 12.1 Å². The first-order valence-corrected chi connectivity index (χ1v) is 23.8. The number of Topliss-reactive ketones (excluding diaryl/α,β-unsaturated/α-hetero) is 1. The Morgan fingerprint density at radius 3 is 2.65 bits per heavy atom. The minimum Gasteiger partial charge on any atom is -0.504 e. The minimum absolute atomic E-state index is 0.0152. The Kier molecular flexibility index (Phi) is 15.2. The smallest absolute Gasteiger partial charge is 0.189 e. The number of rotatable bonds is 5. The second-order valence-corrected chi connectivity index (χ2v) is 19.1. The molecule has 0 aromatic heterocycles. The number of hydrogen-bond acceptors (Lipinski definition) is 12. The van der Waals surface area contributed by atoms with Crippen molar-refractivity contribution in [2.24, 2.45) is 28.5 Å². The van der Waals surface area contributed by atoms with Crippen molar-refractivity contribution in [1.29, 1.82) is 0 Å². The van der Waals surface area contributed by atoms with Crippen LogP contribution >= 0.6 is 21.6 Å². The molecule has 4 heterocycles. The topological polar surface area (TPSA) is 148 Å². The van der Waals surface area contributed by atoms with Crippen LogP contribution in [-0.2, 0) is 36.9 Å². The van der Waals surface area contributed by atoms with Crippen LogP contribution in [0.1, 0.15) is 79.3 Å². The Labute approximate surface area is 363 Å². The zero-order valence-electron chi connectivity index (χ0n) is 34.9. The van der Waals surface area contributed by atoms with Crippen molar-refractivity contribution in [1.82, 2.24) is 10.6 Å². The molecule has 5 aliphatic rings. The first kappa shape index (κ1) is 43.6. The molecular weight excluding hydrogens is 793 g/mol. The molecule has 12 heteroatoms. The standard InChI is InChI=1S/C48H58N4O6S2/c1-30(2)43-28-60-59-27-41-35-24-40-33-17-21-38(54)25-37(53)20-16-32-18-22-44(55)46(56-3)39(32)13-7-11-34(23-33)45(47(40)57-26-35)58-29-50-36(19-15-31-9-5-4-6-10-31)12-8-14-42(41)51-48(49)52-43/h4-6,9-10,18,22-23,30,35-36,38,41-43,50,54-55H,11-12,15-17,19-21,24-29H2,1-3H3,(H3,49,51,52)/t35-,36+,38+,41+,42+,43+/m0/s1. The molecule has 0 fully saturated rings. The molecule has 0 saturated carbocycles. The summed E-state index contributed by atoms with van der Waals surface area (Å²) >= 11 is 0. The third kappa shape index (κ3) is 11.1. The number of ether oxygens (including phenoxy) is 3. The number of carbonyl (C=O) groups is 1. The lowest BCUT2D eigenvalue weighted by atomic mass is 9.79. The van der Waals surface area contributed by atoms with E-state index in [2.05, 4.69) is 78.5 Å². The number of aliphatic imine (C=N–C) groups is 1. The van der Waals surface area contributed by atoms with Gasteiger partial charge in [0.15, 0.2) is 29.0 Å². The van der Waals surface area contributed by atoms with E-state index in [1.807, 2.05) is 27.7 Å². The lowest BCUT2D eigenvalue weighted by Gasteiger charge is -2.37. The normalized spacial score (nSPS) is 24.9. The molecule has 6 atom stereocenters. The molecule has 3 aromatic rings. The van der Waals surface area contributed by atoms with E-state index in [9.17, 15) is 15.0 Å². The van der Waals surface area contributed by atoms with Crippen molar-refractivity contribution in [2.45, 2.75) is 102 Å². The molecule has 0 saturated heterocycles. The van der Waals surface area contributed by atoms with Gasteiger partial charge in [-0.2, -0.15) is 0 Å². The summed E-state index contributed by atoms with van der Waals surface area (Å²) in [5.74, 6) is 18.1. The van der Waals surface area contributed by atoms with Gasteiger partial charge >= 0.3 is 0 Å². The molecule has 4 aliphatic heterocycles. The first-order chi connectivity index (χ1) is 29.2. The van der Waals surface area contributed by atoms with Gasteiger partial charge in [-0.15, -0.1) is 0 Å². The molecule has 0 spiro atoms. The van der Waals surface area contributed by atoms with E-state index in [1.165, 1.54) is 12.7 Å². The number of aliphatic hydroxyl groups excluding tert-OH is 1. The summed E-state index contributed by atoms with van der Waals surface area (Å²) in [5.41, 5.74) is 12.3. The maximum absolute atomic E-state index is 13.2. The van der Waals surface area contributed by atoms with Crippen LogP contribution in [0.5, 0.6) is 23.0 Å². The molecule has 10 nitrogen and oxygen atoms in total. The number of fused-ring (bicyclic) bond motifs is 9. The highest BCUT2D eigenvalue weighted by atomic mass is 33.1. The van der Waals surface area contributed by atoms with Crippen molar-refractivity contribution in [3.05, 3.63) is 81.9 Å². The fraction of sp³-hybridized carbons (Fsp3) is 0.500. The molecule has 3 aromatic carbocycles. The van der Waals surface area contributed by atoms with Crippen molar-refractivity contribution in [3.8, 4) is 46.7 Å². The maximum atomic E-state index is 13.2. The van der Waals surface area contributed by atoms with E-state index in [4.69, 9.17) is 24.9 Å². The highest BCUT2D eigenvalue weighted by molar-refractivity contribution is 8.76. The number of nitrogens with two attached hydrogens (primary N) is 1. The van der Waals surface area contributed by atoms with Crippen molar-refractivity contribution in [3.63, 3.8) is 0 Å². The number of aromatic hydroxyl groups is 1. The van der Waals surface area contributed by atoms with Gasteiger partial charge in [-0.25, -0.2) is 4.99 Å². The van der Waals surface area contributed by atoms with E-state index in [-0.39, 0.29) is 66.8 Å². The van der Waals surface area contributed by atoms with Crippen LogP contribution < -0.4 is 30.6 Å². The van der Waals surface area contributed by atoms with Gasteiger partial charge in [0.1, 0.15) is 12.5 Å². The Morgan fingerprint density at radius 1 is 1.00 bits per heavy atom. The summed E-state index contributed by atoms with van der Waals surface area (Å²) in [6, 6.07) is 15.9. The SMILES string of the molecule is COc1c(O)ccc2c1C#CCc1cc(c3c4c1OCN[C@@H](CCc1ccccc1)CC#C[C@H]1NC(N)=N[C@@H](C(C)C)CSSC[C@@H]1[C@H](CO4)C3)CC[C@@H](O)CC(=O)CC2. The van der Waals surface area contributed by atoms with Crippen LogP contribution in [0.25, 0.3) is 0 Å². The minimum atomic E-state index is -0.801. The van der Waals surface area contributed by atoms with E-state index < -0.39 is 6.10 Å². The van der Waals surface area contributed by atoms with Gasteiger partial charge in [-0.05, 0) is 67.2 Å². The highest BCUT2D eigenvalue weighted by Crippen LogP contribution is 2.45. The molecule has 0 radical (unpaired) electrons. The summed E-state index contributed by atoms with van der Waals surface area (Å²) in [5, 5.41) is 29.2. The third-order valence-electron chi connectivity index (χ3n) is 12.0. The second kappa shape index (κ2) is 20.9. The third-order valence-corrected chi connectivity index (χ3v) is 14.5. The average molecular weight is 851 g/mol. The molecule has 1 aliphatic carbocycles. The summed E-state index contributed by atoms with van der Waals surface area (Å²) in [7, 11) is 5.22. The average Bonchev–Trinajstić information content (AvgIpc) is 3.24. The zero-order valence-corrected chi connectivity index (χ0v) is 36.6. The Bertz CT molecular complexity index is 2140. The molecule has 8 rings (SSSR count).